The van der Waals surface area contributed by atoms with E-state index >= 15 is 0 Å². The Bertz CT molecular complexity index is 360. The lowest BCUT2D eigenvalue weighted by atomic mass is 9.97. The van der Waals surface area contributed by atoms with E-state index in [1.807, 2.05) is 0 Å². The number of benzene rings is 1. The average Bonchev–Trinajstić information content (AvgIpc) is 2.20. The number of nitrogens with two attached hydrogens (primary N) is 1. The lowest BCUT2D eigenvalue weighted by molar-refractivity contribution is -0.137. The molecule has 0 spiro atoms. The second kappa shape index (κ2) is 4.80. The molecule has 0 saturated carbocycles. The van der Waals surface area contributed by atoms with Gasteiger partial charge in [-0.15, -0.1) is 0 Å². The number of aliphatic hydroxyl groups is 1. The number of aliphatic hydroxyl groups excluding tert-OH is 1. The summed E-state index contributed by atoms with van der Waals surface area (Å²) in [7, 11) is 0. The van der Waals surface area contributed by atoms with Crippen molar-refractivity contribution in [3.8, 4) is 0 Å². The Hall–Kier alpha value is -1.14. The average molecular weight is 237 g/mol. The molecule has 2 nitrogen and oxygen atoms in total. The molecule has 0 saturated heterocycles. The number of halogens is 4. The van der Waals surface area contributed by atoms with E-state index in [2.05, 4.69) is 0 Å². The number of alkyl halides is 3. The Morgan fingerprint density at radius 1 is 1.31 bits per heavy atom. The Morgan fingerprint density at radius 3 is 2.38 bits per heavy atom. The van der Waals surface area contributed by atoms with Crippen molar-refractivity contribution in [2.75, 3.05) is 13.2 Å². The van der Waals surface area contributed by atoms with Crippen LogP contribution in [0.2, 0.25) is 0 Å². The van der Waals surface area contributed by atoms with Gasteiger partial charge in [-0.1, -0.05) is 0 Å². The highest BCUT2D eigenvalue weighted by Crippen LogP contribution is 2.32. The molecule has 0 radical (unpaired) electrons. The monoisotopic (exact) mass is 237 g/mol. The van der Waals surface area contributed by atoms with E-state index in [4.69, 9.17) is 10.8 Å². The molecule has 0 aliphatic heterocycles. The van der Waals surface area contributed by atoms with Crippen LogP contribution < -0.4 is 5.73 Å². The molecule has 0 aromatic heterocycles. The quantitative estimate of drug-likeness (QED) is 0.788. The van der Waals surface area contributed by atoms with Gasteiger partial charge in [0.25, 0.3) is 0 Å². The SMILES string of the molecule is NCC(CO)c1cc(C(F)(F)F)ccc1F. The predicted molar refractivity (Wildman–Crippen MR) is 50.3 cm³/mol. The molecular formula is C10H11F4NO. The van der Waals surface area contributed by atoms with Crippen molar-refractivity contribution in [1.82, 2.24) is 0 Å². The highest BCUT2D eigenvalue weighted by molar-refractivity contribution is 5.30. The zero-order chi connectivity index (χ0) is 12.3. The molecule has 1 unspecified atom stereocenters. The van der Waals surface area contributed by atoms with Gasteiger partial charge in [-0.25, -0.2) is 4.39 Å². The fraction of sp³-hybridized carbons (Fsp3) is 0.400. The molecule has 0 heterocycles. The Balaban J connectivity index is 3.18. The third-order valence-corrected chi connectivity index (χ3v) is 2.27. The van der Waals surface area contributed by atoms with Gasteiger partial charge < -0.3 is 10.8 Å². The molecule has 90 valence electrons. The Kier molecular flexibility index (Phi) is 3.88. The van der Waals surface area contributed by atoms with Crippen molar-refractivity contribution < 1.29 is 22.7 Å². The summed E-state index contributed by atoms with van der Waals surface area (Å²) in [4.78, 5) is 0. The minimum absolute atomic E-state index is 0.116. The van der Waals surface area contributed by atoms with Crippen LogP contribution >= 0.6 is 0 Å². The highest BCUT2D eigenvalue weighted by Gasteiger charge is 2.31. The van der Waals surface area contributed by atoms with Gasteiger partial charge in [-0.2, -0.15) is 13.2 Å². The maximum Gasteiger partial charge on any atom is 0.416 e. The zero-order valence-corrected chi connectivity index (χ0v) is 8.26. The molecule has 0 bridgehead atoms. The fourth-order valence-electron chi connectivity index (χ4n) is 1.33. The summed E-state index contributed by atoms with van der Waals surface area (Å²) in [5.74, 6) is -1.61. The number of hydrogen-bond acceptors (Lipinski definition) is 2. The Labute approximate surface area is 89.7 Å². The topological polar surface area (TPSA) is 46.2 Å². The lowest BCUT2D eigenvalue weighted by Crippen LogP contribution is -2.18. The third kappa shape index (κ3) is 2.70. The molecule has 0 aliphatic carbocycles. The molecule has 1 aromatic carbocycles. The van der Waals surface area contributed by atoms with Crippen molar-refractivity contribution in [3.05, 3.63) is 35.1 Å². The van der Waals surface area contributed by atoms with Crippen LogP contribution in [0, 0.1) is 5.82 Å². The van der Waals surface area contributed by atoms with Crippen molar-refractivity contribution in [1.29, 1.82) is 0 Å². The molecule has 1 rings (SSSR count). The van der Waals surface area contributed by atoms with Crippen molar-refractivity contribution in [2.24, 2.45) is 5.73 Å². The normalized spacial score (nSPS) is 13.9. The maximum atomic E-state index is 13.2. The van der Waals surface area contributed by atoms with Crippen molar-refractivity contribution in [2.45, 2.75) is 12.1 Å². The zero-order valence-electron chi connectivity index (χ0n) is 8.26. The first-order chi connectivity index (χ1) is 7.40. The third-order valence-electron chi connectivity index (χ3n) is 2.27. The molecule has 16 heavy (non-hydrogen) atoms. The van der Waals surface area contributed by atoms with Crippen LogP contribution in [0.4, 0.5) is 17.6 Å². The molecule has 0 aliphatic rings. The predicted octanol–water partition coefficient (Wildman–Crippen LogP) is 1.88. The second-order valence-electron chi connectivity index (χ2n) is 3.35. The summed E-state index contributed by atoms with van der Waals surface area (Å²) in [6.45, 7) is -0.608. The first-order valence-corrected chi connectivity index (χ1v) is 4.57. The maximum absolute atomic E-state index is 13.2. The number of hydrogen-bond donors (Lipinski definition) is 2. The summed E-state index contributed by atoms with van der Waals surface area (Å²) >= 11 is 0. The van der Waals surface area contributed by atoms with Gasteiger partial charge >= 0.3 is 6.18 Å². The smallest absolute Gasteiger partial charge is 0.396 e. The largest absolute Gasteiger partial charge is 0.416 e. The van der Waals surface area contributed by atoms with Crippen molar-refractivity contribution >= 4 is 0 Å². The summed E-state index contributed by atoms with van der Waals surface area (Å²) in [6, 6.07) is 2.07. The molecular weight excluding hydrogens is 226 g/mol. The fourth-order valence-corrected chi connectivity index (χ4v) is 1.33. The van der Waals surface area contributed by atoms with Gasteiger partial charge in [-0.3, -0.25) is 0 Å². The van der Waals surface area contributed by atoms with E-state index in [-0.39, 0.29) is 12.1 Å². The van der Waals surface area contributed by atoms with Gasteiger partial charge in [0, 0.05) is 12.5 Å². The highest BCUT2D eigenvalue weighted by atomic mass is 19.4. The lowest BCUT2D eigenvalue weighted by Gasteiger charge is -2.15. The van der Waals surface area contributed by atoms with E-state index in [1.165, 1.54) is 0 Å². The first-order valence-electron chi connectivity index (χ1n) is 4.57. The van der Waals surface area contributed by atoms with E-state index in [0.29, 0.717) is 12.1 Å². The van der Waals surface area contributed by atoms with Crippen LogP contribution in [0.15, 0.2) is 18.2 Å². The van der Waals surface area contributed by atoms with E-state index in [9.17, 15) is 17.6 Å². The molecule has 0 fully saturated rings. The summed E-state index contributed by atoms with van der Waals surface area (Å²) in [5.41, 5.74) is 4.08. The minimum Gasteiger partial charge on any atom is -0.396 e. The van der Waals surface area contributed by atoms with Gasteiger partial charge in [0.2, 0.25) is 0 Å². The van der Waals surface area contributed by atoms with E-state index in [1.54, 1.807) is 0 Å². The molecule has 6 heteroatoms. The molecule has 1 aromatic rings. The molecule has 0 amide bonds. The van der Waals surface area contributed by atoms with E-state index < -0.39 is 30.1 Å². The van der Waals surface area contributed by atoms with Gasteiger partial charge in [0.1, 0.15) is 5.82 Å². The van der Waals surface area contributed by atoms with E-state index in [0.717, 1.165) is 6.07 Å². The first kappa shape index (κ1) is 12.9. The van der Waals surface area contributed by atoms with Crippen LogP contribution in [0.1, 0.15) is 17.0 Å². The van der Waals surface area contributed by atoms with Crippen LogP contribution in [-0.4, -0.2) is 18.3 Å². The summed E-state index contributed by atoms with van der Waals surface area (Å²) < 4.78 is 50.3. The standard InChI is InChI=1S/C10H11F4NO/c11-9-2-1-7(10(12,13)14)3-8(9)6(4-15)5-16/h1-3,6,16H,4-5,15H2. The van der Waals surface area contributed by atoms with Crippen LogP contribution in [-0.2, 0) is 6.18 Å². The van der Waals surface area contributed by atoms with Gasteiger partial charge in [0.15, 0.2) is 0 Å². The molecule has 3 N–H and O–H groups in total. The van der Waals surface area contributed by atoms with Crippen LogP contribution in [0.5, 0.6) is 0 Å². The number of rotatable bonds is 3. The van der Waals surface area contributed by atoms with Crippen molar-refractivity contribution in [3.63, 3.8) is 0 Å². The van der Waals surface area contributed by atoms with Gasteiger partial charge in [-0.05, 0) is 23.8 Å². The second-order valence-corrected chi connectivity index (χ2v) is 3.35. The van der Waals surface area contributed by atoms with Crippen LogP contribution in [0.25, 0.3) is 0 Å². The minimum atomic E-state index is -4.53. The van der Waals surface area contributed by atoms with Gasteiger partial charge in [0.05, 0.1) is 12.2 Å². The van der Waals surface area contributed by atoms with Crippen LogP contribution in [0.3, 0.4) is 0 Å². The summed E-state index contributed by atoms with van der Waals surface area (Å²) in [5, 5.41) is 8.87. The molecule has 1 atom stereocenters. The Morgan fingerprint density at radius 2 is 1.94 bits per heavy atom. The summed E-state index contributed by atoms with van der Waals surface area (Å²) in [6.07, 6.45) is -4.53.